The molecule has 0 aliphatic heterocycles. The molecule has 0 saturated heterocycles. The van der Waals surface area contributed by atoms with Crippen LogP contribution in [0.3, 0.4) is 0 Å². The van der Waals surface area contributed by atoms with Gasteiger partial charge in [0.2, 0.25) is 0 Å². The molecule has 0 aliphatic rings. The number of urea groups is 1. The van der Waals surface area contributed by atoms with Gasteiger partial charge in [-0.2, -0.15) is 5.10 Å². The van der Waals surface area contributed by atoms with Crippen molar-refractivity contribution in [3.8, 4) is 0 Å². The zero-order valence-corrected chi connectivity index (χ0v) is 15.7. The van der Waals surface area contributed by atoms with Crippen LogP contribution in [-0.2, 0) is 16.1 Å². The molecule has 2 unspecified atom stereocenters. The van der Waals surface area contributed by atoms with Crippen LogP contribution in [0.4, 0.5) is 4.79 Å². The molecule has 2 aromatic rings. The van der Waals surface area contributed by atoms with E-state index < -0.39 is 18.0 Å². The van der Waals surface area contributed by atoms with E-state index in [1.165, 1.54) is 7.11 Å². The Morgan fingerprint density at radius 2 is 1.92 bits per heavy atom. The lowest BCUT2D eigenvalue weighted by atomic mass is 10.0. The molecule has 140 valence electrons. The molecule has 2 atom stereocenters. The van der Waals surface area contributed by atoms with Gasteiger partial charge < -0.3 is 15.4 Å². The van der Waals surface area contributed by atoms with Gasteiger partial charge in [-0.25, -0.2) is 9.59 Å². The minimum atomic E-state index is -0.726. The number of esters is 1. The highest BCUT2D eigenvalue weighted by molar-refractivity contribution is 6.30. The Bertz CT molecular complexity index is 717. The number of benzene rings is 1. The van der Waals surface area contributed by atoms with Crippen molar-refractivity contribution in [2.45, 2.75) is 32.5 Å². The summed E-state index contributed by atoms with van der Waals surface area (Å²) in [6, 6.07) is 7.49. The van der Waals surface area contributed by atoms with Crippen LogP contribution in [-0.4, -0.2) is 34.9 Å². The predicted octanol–water partition coefficient (Wildman–Crippen LogP) is 2.77. The summed E-state index contributed by atoms with van der Waals surface area (Å²) < 4.78 is 6.47. The standard InChI is InChI=1S/C18H23ClN4O3/c1-12(2)16(17(24)26-3)22-18(25)21-15(11-23-10-4-9-20-23)13-5-7-14(19)8-6-13/h4-10,12,15-16H,11H2,1-3H3,(H2,21,22,25). The molecular formula is C18H23ClN4O3. The van der Waals surface area contributed by atoms with Crippen LogP contribution < -0.4 is 10.6 Å². The number of carbonyl (C=O) groups excluding carboxylic acids is 2. The fourth-order valence-corrected chi connectivity index (χ4v) is 2.62. The average Bonchev–Trinajstić information content (AvgIpc) is 3.12. The van der Waals surface area contributed by atoms with E-state index in [1.54, 1.807) is 23.0 Å². The van der Waals surface area contributed by atoms with Crippen LogP contribution in [0.1, 0.15) is 25.5 Å². The molecule has 2 amide bonds. The minimum Gasteiger partial charge on any atom is -0.467 e. The monoisotopic (exact) mass is 378 g/mol. The summed E-state index contributed by atoms with van der Waals surface area (Å²) in [6.45, 7) is 4.11. The highest BCUT2D eigenvalue weighted by Gasteiger charge is 2.26. The molecule has 0 fully saturated rings. The molecule has 2 rings (SSSR count). The van der Waals surface area contributed by atoms with E-state index in [0.717, 1.165) is 5.56 Å². The van der Waals surface area contributed by atoms with Gasteiger partial charge >= 0.3 is 12.0 Å². The Morgan fingerprint density at radius 3 is 2.46 bits per heavy atom. The maximum absolute atomic E-state index is 12.5. The van der Waals surface area contributed by atoms with Gasteiger partial charge in [-0.3, -0.25) is 4.68 Å². The van der Waals surface area contributed by atoms with E-state index in [0.29, 0.717) is 11.6 Å². The number of rotatable bonds is 7. The first-order chi connectivity index (χ1) is 12.4. The van der Waals surface area contributed by atoms with Crippen molar-refractivity contribution >= 4 is 23.6 Å². The summed E-state index contributed by atoms with van der Waals surface area (Å²) in [7, 11) is 1.30. The Morgan fingerprint density at radius 1 is 1.23 bits per heavy atom. The highest BCUT2D eigenvalue weighted by Crippen LogP contribution is 2.18. The first-order valence-electron chi connectivity index (χ1n) is 8.28. The molecule has 7 nitrogen and oxygen atoms in total. The smallest absolute Gasteiger partial charge is 0.328 e. The van der Waals surface area contributed by atoms with Gasteiger partial charge in [0.05, 0.1) is 19.7 Å². The molecule has 1 heterocycles. The molecule has 8 heteroatoms. The third-order valence-electron chi connectivity index (χ3n) is 3.91. The predicted molar refractivity (Wildman–Crippen MR) is 98.7 cm³/mol. The van der Waals surface area contributed by atoms with Gasteiger partial charge in [0.1, 0.15) is 6.04 Å². The van der Waals surface area contributed by atoms with E-state index in [4.69, 9.17) is 16.3 Å². The van der Waals surface area contributed by atoms with Crippen LogP contribution in [0, 0.1) is 5.92 Å². The van der Waals surface area contributed by atoms with Gasteiger partial charge in [0.25, 0.3) is 0 Å². The zero-order valence-electron chi connectivity index (χ0n) is 15.0. The summed E-state index contributed by atoms with van der Waals surface area (Å²) in [4.78, 5) is 24.3. The molecule has 1 aromatic carbocycles. The van der Waals surface area contributed by atoms with Crippen molar-refractivity contribution in [1.82, 2.24) is 20.4 Å². The SMILES string of the molecule is COC(=O)C(NC(=O)NC(Cn1cccn1)c1ccc(Cl)cc1)C(C)C. The van der Waals surface area contributed by atoms with Crippen molar-refractivity contribution in [2.24, 2.45) is 5.92 Å². The lowest BCUT2D eigenvalue weighted by molar-refractivity contribution is -0.143. The maximum Gasteiger partial charge on any atom is 0.328 e. The first-order valence-corrected chi connectivity index (χ1v) is 8.66. The van der Waals surface area contributed by atoms with Crippen LogP contribution in [0.25, 0.3) is 0 Å². The molecule has 0 aliphatic carbocycles. The number of aromatic nitrogens is 2. The van der Waals surface area contributed by atoms with E-state index in [-0.39, 0.29) is 12.0 Å². The quantitative estimate of drug-likeness (QED) is 0.725. The number of nitrogens with one attached hydrogen (secondary N) is 2. The van der Waals surface area contributed by atoms with Crippen molar-refractivity contribution in [2.75, 3.05) is 7.11 Å². The number of halogens is 1. The average molecular weight is 379 g/mol. The summed E-state index contributed by atoms with van der Waals surface area (Å²) in [5.74, 6) is -0.585. The minimum absolute atomic E-state index is 0.103. The Kier molecular flexibility index (Phi) is 7.03. The van der Waals surface area contributed by atoms with Crippen molar-refractivity contribution in [1.29, 1.82) is 0 Å². The van der Waals surface area contributed by atoms with E-state index in [9.17, 15) is 9.59 Å². The fraction of sp³-hybridized carbons (Fsp3) is 0.389. The number of ether oxygens (including phenoxy) is 1. The van der Waals surface area contributed by atoms with Crippen LogP contribution in [0.2, 0.25) is 5.02 Å². The second-order valence-electron chi connectivity index (χ2n) is 6.19. The van der Waals surface area contributed by atoms with Crippen LogP contribution >= 0.6 is 11.6 Å². The highest BCUT2D eigenvalue weighted by atomic mass is 35.5. The van der Waals surface area contributed by atoms with E-state index in [1.807, 2.05) is 38.2 Å². The first kappa shape index (κ1) is 19.8. The Balaban J connectivity index is 2.13. The Labute approximate surface area is 157 Å². The zero-order chi connectivity index (χ0) is 19.1. The number of methoxy groups -OCH3 is 1. The van der Waals surface area contributed by atoms with E-state index >= 15 is 0 Å². The van der Waals surface area contributed by atoms with Crippen molar-refractivity contribution in [3.05, 3.63) is 53.3 Å². The Hall–Kier alpha value is -2.54. The third kappa shape index (κ3) is 5.49. The third-order valence-corrected chi connectivity index (χ3v) is 4.17. The number of hydrogen-bond donors (Lipinski definition) is 2. The van der Waals surface area contributed by atoms with Gasteiger partial charge in [-0.15, -0.1) is 0 Å². The number of amides is 2. The second-order valence-corrected chi connectivity index (χ2v) is 6.63. The van der Waals surface area contributed by atoms with Crippen LogP contribution in [0.5, 0.6) is 0 Å². The van der Waals surface area contributed by atoms with Gasteiger partial charge in [0.15, 0.2) is 0 Å². The molecule has 2 N–H and O–H groups in total. The van der Waals surface area contributed by atoms with E-state index in [2.05, 4.69) is 15.7 Å². The van der Waals surface area contributed by atoms with Crippen molar-refractivity contribution < 1.29 is 14.3 Å². The second kappa shape index (κ2) is 9.24. The maximum atomic E-state index is 12.5. The molecule has 26 heavy (non-hydrogen) atoms. The summed E-state index contributed by atoms with van der Waals surface area (Å²) in [6.07, 6.45) is 3.49. The largest absolute Gasteiger partial charge is 0.467 e. The lowest BCUT2D eigenvalue weighted by Gasteiger charge is -2.24. The summed E-state index contributed by atoms with van der Waals surface area (Å²) in [5.41, 5.74) is 0.874. The molecular weight excluding hydrogens is 356 g/mol. The fourth-order valence-electron chi connectivity index (χ4n) is 2.49. The molecule has 1 aromatic heterocycles. The summed E-state index contributed by atoms with van der Waals surface area (Å²) >= 11 is 5.95. The number of hydrogen-bond acceptors (Lipinski definition) is 4. The summed E-state index contributed by atoms with van der Waals surface area (Å²) in [5, 5.41) is 10.4. The normalized spacial score (nSPS) is 13.1. The number of carbonyl (C=O) groups is 2. The lowest BCUT2D eigenvalue weighted by Crippen LogP contribution is -2.50. The van der Waals surface area contributed by atoms with Gasteiger partial charge in [-0.05, 0) is 29.7 Å². The molecule has 0 radical (unpaired) electrons. The molecule has 0 saturated carbocycles. The number of nitrogens with zero attached hydrogens (tertiary/aromatic N) is 2. The van der Waals surface area contributed by atoms with Crippen LogP contribution in [0.15, 0.2) is 42.7 Å². The van der Waals surface area contributed by atoms with Gasteiger partial charge in [0, 0.05) is 17.4 Å². The topological polar surface area (TPSA) is 85.2 Å². The molecule has 0 spiro atoms. The molecule has 0 bridgehead atoms. The van der Waals surface area contributed by atoms with Crippen molar-refractivity contribution in [3.63, 3.8) is 0 Å². The van der Waals surface area contributed by atoms with Gasteiger partial charge in [-0.1, -0.05) is 37.6 Å².